The summed E-state index contributed by atoms with van der Waals surface area (Å²) in [7, 11) is 0. The molecule has 20 heavy (non-hydrogen) atoms. The van der Waals surface area contributed by atoms with Crippen molar-refractivity contribution in [3.63, 3.8) is 0 Å². The van der Waals surface area contributed by atoms with Crippen LogP contribution in [0.15, 0.2) is 29.8 Å². The first-order valence-corrected chi connectivity index (χ1v) is 6.16. The van der Waals surface area contributed by atoms with Gasteiger partial charge in [-0.05, 0) is 24.6 Å². The number of alkyl halides is 3. The molecule has 0 atom stereocenters. The Kier molecular flexibility index (Phi) is 5.44. The number of hydrogen-bond donors (Lipinski definition) is 2. The van der Waals surface area contributed by atoms with Gasteiger partial charge in [-0.1, -0.05) is 24.6 Å². The zero-order chi connectivity index (χ0) is 15.3. The third-order valence-electron chi connectivity index (χ3n) is 2.59. The lowest BCUT2D eigenvalue weighted by atomic mass is 10.2. The lowest BCUT2D eigenvalue weighted by molar-refractivity contribution is -0.137. The number of benzene rings is 1. The molecule has 0 radical (unpaired) electrons. The summed E-state index contributed by atoms with van der Waals surface area (Å²) >= 11 is 5.79. The molecule has 0 amide bonds. The minimum atomic E-state index is -4.45. The van der Waals surface area contributed by atoms with E-state index in [0.29, 0.717) is 6.42 Å². The van der Waals surface area contributed by atoms with E-state index in [1.807, 2.05) is 0 Å². The second-order valence-corrected chi connectivity index (χ2v) is 4.37. The van der Waals surface area contributed by atoms with Crippen molar-refractivity contribution < 1.29 is 23.1 Å². The highest BCUT2D eigenvalue weighted by Crippen LogP contribution is 2.33. The van der Waals surface area contributed by atoms with Gasteiger partial charge in [-0.2, -0.15) is 13.2 Å². The first-order chi connectivity index (χ1) is 9.25. The molecule has 1 aromatic rings. The third-order valence-corrected chi connectivity index (χ3v) is 2.92. The van der Waals surface area contributed by atoms with Gasteiger partial charge in [-0.25, -0.2) is 4.79 Å². The Morgan fingerprint density at radius 3 is 2.60 bits per heavy atom. The Morgan fingerprint density at radius 2 is 2.10 bits per heavy atom. The van der Waals surface area contributed by atoms with Crippen LogP contribution in [0.4, 0.5) is 18.9 Å². The number of hydrogen-bond acceptors (Lipinski definition) is 2. The molecule has 0 fully saturated rings. The molecule has 0 aliphatic rings. The molecule has 0 unspecified atom stereocenters. The van der Waals surface area contributed by atoms with E-state index >= 15 is 0 Å². The van der Waals surface area contributed by atoms with Crippen LogP contribution in [-0.4, -0.2) is 17.6 Å². The molecule has 0 bridgehead atoms. The number of nitrogens with one attached hydrogen (secondary N) is 1. The molecule has 0 aliphatic heterocycles. The summed E-state index contributed by atoms with van der Waals surface area (Å²) in [5, 5.41) is 11.6. The molecule has 0 aliphatic carbocycles. The van der Waals surface area contributed by atoms with E-state index in [1.165, 1.54) is 6.08 Å². The van der Waals surface area contributed by atoms with Gasteiger partial charge in [0, 0.05) is 12.1 Å². The smallest absolute Gasteiger partial charge is 0.416 e. The van der Waals surface area contributed by atoms with Gasteiger partial charge in [0.1, 0.15) is 0 Å². The van der Waals surface area contributed by atoms with Crippen LogP contribution in [0.5, 0.6) is 0 Å². The van der Waals surface area contributed by atoms with Crippen molar-refractivity contribution in [2.24, 2.45) is 0 Å². The maximum Gasteiger partial charge on any atom is 0.416 e. The van der Waals surface area contributed by atoms with Crippen molar-refractivity contribution in [2.75, 3.05) is 11.9 Å². The number of carboxylic acid groups (broad SMARTS) is 1. The fraction of sp³-hybridized carbons (Fsp3) is 0.308. The van der Waals surface area contributed by atoms with Crippen LogP contribution in [0, 0.1) is 0 Å². The quantitative estimate of drug-likeness (QED) is 0.802. The Morgan fingerprint density at radius 1 is 1.45 bits per heavy atom. The molecule has 0 saturated heterocycles. The molecule has 7 heteroatoms. The summed E-state index contributed by atoms with van der Waals surface area (Å²) in [5.74, 6) is -1.05. The minimum absolute atomic E-state index is 0.0799. The predicted octanol–water partition coefficient (Wildman–Crippen LogP) is 4.19. The summed E-state index contributed by atoms with van der Waals surface area (Å²) in [6.45, 7) is 1.76. The Hall–Kier alpha value is -1.69. The second kappa shape index (κ2) is 6.65. The molecule has 1 rings (SSSR count). The zero-order valence-corrected chi connectivity index (χ0v) is 11.3. The highest BCUT2D eigenvalue weighted by molar-refractivity contribution is 6.33. The van der Waals surface area contributed by atoms with Gasteiger partial charge >= 0.3 is 12.1 Å². The Labute approximate surface area is 119 Å². The topological polar surface area (TPSA) is 49.3 Å². The predicted molar refractivity (Wildman–Crippen MR) is 71.0 cm³/mol. The van der Waals surface area contributed by atoms with Crippen LogP contribution >= 0.6 is 11.6 Å². The lowest BCUT2D eigenvalue weighted by Crippen LogP contribution is -2.08. The van der Waals surface area contributed by atoms with Crippen LogP contribution in [0.25, 0.3) is 0 Å². The van der Waals surface area contributed by atoms with E-state index in [0.717, 1.165) is 18.2 Å². The summed E-state index contributed by atoms with van der Waals surface area (Å²) in [6.07, 6.45) is -2.72. The van der Waals surface area contributed by atoms with Gasteiger partial charge in [0.25, 0.3) is 0 Å². The van der Waals surface area contributed by atoms with Crippen LogP contribution < -0.4 is 5.32 Å². The molecule has 0 saturated carbocycles. The van der Waals surface area contributed by atoms with Gasteiger partial charge in [-0.15, -0.1) is 0 Å². The van der Waals surface area contributed by atoms with Crippen molar-refractivity contribution in [1.82, 2.24) is 0 Å². The summed E-state index contributed by atoms with van der Waals surface area (Å²) in [4.78, 5) is 10.8. The molecule has 110 valence electrons. The summed E-state index contributed by atoms with van der Waals surface area (Å²) < 4.78 is 37.6. The summed E-state index contributed by atoms with van der Waals surface area (Å²) in [5.41, 5.74) is -0.526. The van der Waals surface area contributed by atoms with Crippen molar-refractivity contribution in [2.45, 2.75) is 19.5 Å². The lowest BCUT2D eigenvalue weighted by Gasteiger charge is -2.11. The maximum atomic E-state index is 12.5. The largest absolute Gasteiger partial charge is 0.478 e. The van der Waals surface area contributed by atoms with Gasteiger partial charge in [0.2, 0.25) is 0 Å². The van der Waals surface area contributed by atoms with Crippen molar-refractivity contribution in [3.8, 4) is 0 Å². The monoisotopic (exact) mass is 307 g/mol. The first-order valence-electron chi connectivity index (χ1n) is 5.78. The van der Waals surface area contributed by atoms with E-state index in [4.69, 9.17) is 16.7 Å². The van der Waals surface area contributed by atoms with Crippen molar-refractivity contribution >= 4 is 23.3 Å². The number of aliphatic carboxylic acids is 1. The summed E-state index contributed by atoms with van der Waals surface area (Å²) in [6, 6.07) is 2.93. The zero-order valence-electron chi connectivity index (χ0n) is 10.6. The van der Waals surface area contributed by atoms with Gasteiger partial charge in [-0.3, -0.25) is 0 Å². The fourth-order valence-electron chi connectivity index (χ4n) is 1.50. The van der Waals surface area contributed by atoms with Crippen molar-refractivity contribution in [3.05, 3.63) is 40.4 Å². The van der Waals surface area contributed by atoms with E-state index in [2.05, 4.69) is 5.32 Å². The van der Waals surface area contributed by atoms with Crippen molar-refractivity contribution in [1.29, 1.82) is 0 Å². The van der Waals surface area contributed by atoms with E-state index in [-0.39, 0.29) is 22.8 Å². The van der Waals surface area contributed by atoms with Crippen LogP contribution in [0.1, 0.15) is 18.9 Å². The molecular formula is C13H13ClF3NO2. The van der Waals surface area contributed by atoms with E-state index in [1.54, 1.807) is 6.92 Å². The standard InChI is InChI=1S/C13H13ClF3NO2/c1-2-8(12(19)20)5-6-18-11-7-9(13(15,16)17)3-4-10(11)14/h3-5,7,18H,2,6H2,1H3,(H,19,20)/b8-5-. The number of anilines is 1. The van der Waals surface area contributed by atoms with E-state index in [9.17, 15) is 18.0 Å². The van der Waals surface area contributed by atoms with Crippen LogP contribution in [0.3, 0.4) is 0 Å². The number of halogens is 4. The number of carbonyl (C=O) groups is 1. The molecule has 0 aromatic heterocycles. The highest BCUT2D eigenvalue weighted by Gasteiger charge is 2.30. The van der Waals surface area contributed by atoms with Crippen LogP contribution in [-0.2, 0) is 11.0 Å². The van der Waals surface area contributed by atoms with Gasteiger partial charge in [0.15, 0.2) is 0 Å². The molecule has 0 spiro atoms. The number of carboxylic acids is 1. The molecule has 2 N–H and O–H groups in total. The SMILES string of the molecule is CC/C(=C/CNc1cc(C(F)(F)F)ccc1Cl)C(=O)O. The maximum absolute atomic E-state index is 12.5. The van der Waals surface area contributed by atoms with Gasteiger partial charge in [0.05, 0.1) is 16.3 Å². The normalized spacial score (nSPS) is 12.3. The minimum Gasteiger partial charge on any atom is -0.478 e. The highest BCUT2D eigenvalue weighted by atomic mass is 35.5. The van der Waals surface area contributed by atoms with Crippen LogP contribution in [0.2, 0.25) is 5.02 Å². The Bertz CT molecular complexity index is 527. The molecule has 3 nitrogen and oxygen atoms in total. The molecular weight excluding hydrogens is 295 g/mol. The Balaban J connectivity index is 2.85. The average molecular weight is 308 g/mol. The molecule has 1 aromatic carbocycles. The van der Waals surface area contributed by atoms with E-state index < -0.39 is 17.7 Å². The van der Waals surface area contributed by atoms with Gasteiger partial charge < -0.3 is 10.4 Å². The fourth-order valence-corrected chi connectivity index (χ4v) is 1.69. The second-order valence-electron chi connectivity index (χ2n) is 3.96. The first kappa shape index (κ1) is 16.4. The average Bonchev–Trinajstić information content (AvgIpc) is 2.34. The number of rotatable bonds is 5. The molecule has 0 heterocycles. The third kappa shape index (κ3) is 4.45.